The topological polar surface area (TPSA) is 99.6 Å². The summed E-state index contributed by atoms with van der Waals surface area (Å²) in [5.74, 6) is -1.34. The lowest BCUT2D eigenvalue weighted by Gasteiger charge is -2.39. The lowest BCUT2D eigenvalue weighted by Crippen LogP contribution is -2.54. The normalized spacial score (nSPS) is 16.5. The number of amides is 1. The quantitative estimate of drug-likeness (QED) is 0.267. The smallest absolute Gasteiger partial charge is 0.369 e. The Morgan fingerprint density at radius 3 is 2.06 bits per heavy atom. The number of hydrogen-bond acceptors (Lipinski definition) is 5. The highest BCUT2D eigenvalue weighted by atomic mass is 32.2. The van der Waals surface area contributed by atoms with Crippen molar-refractivity contribution in [3.8, 4) is 0 Å². The van der Waals surface area contributed by atoms with Gasteiger partial charge >= 0.3 is 12.4 Å². The van der Waals surface area contributed by atoms with Gasteiger partial charge in [-0.15, -0.1) is 0 Å². The Morgan fingerprint density at radius 2 is 1.51 bits per heavy atom. The third-order valence-electron chi connectivity index (χ3n) is 8.13. The largest absolute Gasteiger partial charge is 0.430 e. The van der Waals surface area contributed by atoms with Crippen molar-refractivity contribution in [2.24, 2.45) is 0 Å². The molecule has 0 aliphatic carbocycles. The molecule has 0 spiro atoms. The summed E-state index contributed by atoms with van der Waals surface area (Å²) >= 11 is 0. The van der Waals surface area contributed by atoms with Crippen LogP contribution in [-0.4, -0.2) is 42.8 Å². The van der Waals surface area contributed by atoms with Crippen LogP contribution in [0.5, 0.6) is 0 Å². The number of alkyl halides is 6. The summed E-state index contributed by atoms with van der Waals surface area (Å²) in [5, 5.41) is 12.8. The maximum Gasteiger partial charge on any atom is 0.430 e. The first-order chi connectivity index (χ1) is 21.4. The molecule has 256 valence electrons. The number of rotatable bonds is 7. The van der Waals surface area contributed by atoms with E-state index in [0.29, 0.717) is 17.7 Å². The van der Waals surface area contributed by atoms with Gasteiger partial charge < -0.3 is 10.4 Å². The molecule has 2 N–H and O–H groups in total. The van der Waals surface area contributed by atoms with Gasteiger partial charge in [-0.2, -0.15) is 26.3 Å². The number of hydrogen-bond donors (Lipinski definition) is 2. The van der Waals surface area contributed by atoms with Gasteiger partial charge in [0.25, 0.3) is 15.6 Å². The Hall–Kier alpha value is -3.72. The van der Waals surface area contributed by atoms with Crippen LogP contribution in [-0.2, 0) is 37.8 Å². The Kier molecular flexibility index (Phi) is 9.27. The van der Waals surface area contributed by atoms with Crippen molar-refractivity contribution < 1.29 is 49.1 Å². The Balaban J connectivity index is 1.75. The molecule has 0 unspecified atom stereocenters. The van der Waals surface area contributed by atoms with Crippen molar-refractivity contribution in [3.63, 3.8) is 0 Å². The second-order valence-electron chi connectivity index (χ2n) is 13.1. The predicted octanol–water partition coefficient (Wildman–Crippen LogP) is 6.78. The van der Waals surface area contributed by atoms with E-state index in [0.717, 1.165) is 40.3 Å². The number of aliphatic hydroxyl groups is 1. The van der Waals surface area contributed by atoms with E-state index in [4.69, 9.17) is 0 Å². The summed E-state index contributed by atoms with van der Waals surface area (Å²) in [6.07, 6.45) is -11.5. The van der Waals surface area contributed by atoms with Gasteiger partial charge in [-0.3, -0.25) is 14.1 Å². The molecule has 0 bridgehead atoms. The molecule has 3 aromatic rings. The fourth-order valence-corrected chi connectivity index (χ4v) is 7.21. The lowest BCUT2D eigenvalue weighted by atomic mass is 9.86. The summed E-state index contributed by atoms with van der Waals surface area (Å²) in [5.41, 5.74) is -7.05. The number of halogens is 7. The Morgan fingerprint density at radius 1 is 0.915 bits per heavy atom. The molecule has 4 rings (SSSR count). The van der Waals surface area contributed by atoms with E-state index in [1.165, 1.54) is 0 Å². The van der Waals surface area contributed by atoms with Crippen LogP contribution in [0.15, 0.2) is 65.7 Å². The zero-order valence-electron chi connectivity index (χ0n) is 26.1. The fourth-order valence-electron chi connectivity index (χ4n) is 5.50. The van der Waals surface area contributed by atoms with Crippen molar-refractivity contribution in [1.82, 2.24) is 10.3 Å². The molecule has 7 nitrogen and oxygen atoms in total. The van der Waals surface area contributed by atoms with Gasteiger partial charge in [0, 0.05) is 29.3 Å². The van der Waals surface area contributed by atoms with Crippen LogP contribution in [0.4, 0.5) is 36.4 Å². The van der Waals surface area contributed by atoms with Crippen molar-refractivity contribution >= 4 is 21.6 Å². The van der Waals surface area contributed by atoms with Crippen LogP contribution in [0.25, 0.3) is 0 Å². The zero-order valence-corrected chi connectivity index (χ0v) is 26.9. The third-order valence-corrected chi connectivity index (χ3v) is 10.0. The number of carbonyl (C=O) groups is 1. The highest BCUT2D eigenvalue weighted by Gasteiger charge is 2.71. The average Bonchev–Trinajstić information content (AvgIpc) is 2.94. The maximum atomic E-state index is 13.9. The van der Waals surface area contributed by atoms with E-state index < -0.39 is 68.2 Å². The van der Waals surface area contributed by atoms with Gasteiger partial charge in [-0.05, 0) is 80.3 Å². The monoisotopic (exact) mass is 689 g/mol. The van der Waals surface area contributed by atoms with Crippen molar-refractivity contribution in [1.29, 1.82) is 0 Å². The molecule has 15 heteroatoms. The van der Waals surface area contributed by atoms with E-state index >= 15 is 0 Å². The van der Waals surface area contributed by atoms with Gasteiger partial charge in [0.1, 0.15) is 5.82 Å². The van der Waals surface area contributed by atoms with Gasteiger partial charge in [-0.25, -0.2) is 12.8 Å². The van der Waals surface area contributed by atoms with Gasteiger partial charge in [0.15, 0.2) is 0 Å². The molecule has 1 aliphatic heterocycles. The first-order valence-corrected chi connectivity index (χ1v) is 15.9. The second kappa shape index (κ2) is 12.1. The number of benzene rings is 2. The lowest BCUT2D eigenvalue weighted by molar-refractivity contribution is -0.376. The number of nitrogens with one attached hydrogen (secondary N) is 1. The number of carbonyl (C=O) groups excluding carboxylic acids is 1. The van der Waals surface area contributed by atoms with Gasteiger partial charge in [0.05, 0.1) is 22.2 Å². The second-order valence-corrected chi connectivity index (χ2v) is 14.9. The number of aryl methyl sites for hydroxylation is 1. The third kappa shape index (κ3) is 6.96. The standard InChI is InChI=1S/C32H34F7N3O4S/c1-28(2,3)26-17-20(14-15-40-26)29(4,5)41-27(43)18-23-10-6-19-16-21(30(44,31(34,35)36)32(37,38)39)7-13-25(19)42(23)47(45,46)24-11-8-22(33)9-12-24/h7-9,11-17,23,44H,6,10,18H2,1-5H3,(H,41,43)/t23-/m0/s1. The van der Waals surface area contributed by atoms with Gasteiger partial charge in [0.2, 0.25) is 5.91 Å². The molecular weight excluding hydrogens is 655 g/mol. The van der Waals surface area contributed by atoms with E-state index in [2.05, 4.69) is 10.3 Å². The molecule has 47 heavy (non-hydrogen) atoms. The molecule has 1 aromatic heterocycles. The van der Waals surface area contributed by atoms with Crippen LogP contribution in [0, 0.1) is 5.82 Å². The van der Waals surface area contributed by atoms with Crippen LogP contribution < -0.4 is 9.62 Å². The molecule has 0 fully saturated rings. The maximum absolute atomic E-state index is 13.9. The molecule has 0 radical (unpaired) electrons. The number of pyridine rings is 1. The highest BCUT2D eigenvalue weighted by molar-refractivity contribution is 7.92. The van der Waals surface area contributed by atoms with Crippen LogP contribution >= 0.6 is 0 Å². The molecule has 0 saturated carbocycles. The first-order valence-electron chi connectivity index (χ1n) is 14.5. The zero-order chi connectivity index (χ0) is 35.4. The Bertz CT molecular complexity index is 1740. The van der Waals surface area contributed by atoms with E-state index in [9.17, 15) is 49.1 Å². The number of nitrogens with zero attached hydrogens (tertiary/aromatic N) is 2. The summed E-state index contributed by atoms with van der Waals surface area (Å²) in [4.78, 5) is 17.4. The molecule has 1 aliphatic rings. The van der Waals surface area contributed by atoms with E-state index in [1.54, 1.807) is 26.1 Å². The average molecular weight is 690 g/mol. The minimum Gasteiger partial charge on any atom is -0.369 e. The predicted molar refractivity (Wildman–Crippen MR) is 159 cm³/mol. The fraction of sp³-hybridized carbons (Fsp3) is 0.438. The van der Waals surface area contributed by atoms with Crippen molar-refractivity contribution in [3.05, 3.63) is 89.0 Å². The minimum atomic E-state index is -6.15. The first kappa shape index (κ1) is 36.1. The van der Waals surface area contributed by atoms with Crippen molar-refractivity contribution in [2.45, 2.75) is 93.7 Å². The molecule has 1 amide bonds. The van der Waals surface area contributed by atoms with E-state index in [1.807, 2.05) is 26.8 Å². The van der Waals surface area contributed by atoms with Gasteiger partial charge in [-0.1, -0.05) is 32.9 Å². The van der Waals surface area contributed by atoms with Crippen LogP contribution in [0.3, 0.4) is 0 Å². The number of aromatic nitrogens is 1. The Labute approximate surface area is 267 Å². The molecule has 1 atom stereocenters. The molecule has 0 saturated heterocycles. The summed E-state index contributed by atoms with van der Waals surface area (Å²) in [7, 11) is -4.64. The highest BCUT2D eigenvalue weighted by Crippen LogP contribution is 2.51. The summed E-state index contributed by atoms with van der Waals surface area (Å²) in [6, 6.07) is 7.65. The summed E-state index contributed by atoms with van der Waals surface area (Å²) in [6.45, 7) is 9.38. The molecule has 2 aromatic carbocycles. The molecule has 2 heterocycles. The SMILES string of the molecule is CC(C)(C)c1cc(C(C)(C)NC(=O)C[C@@H]2CCc3cc(C(O)(C(F)(F)F)C(F)(F)F)ccc3N2S(=O)(=O)c2ccc(F)cc2)ccn1. The molecular formula is C32H34F7N3O4S. The van der Waals surface area contributed by atoms with Crippen LogP contribution in [0.1, 0.15) is 69.8 Å². The number of sulfonamides is 1. The van der Waals surface area contributed by atoms with E-state index in [-0.39, 0.29) is 29.5 Å². The number of anilines is 1. The van der Waals surface area contributed by atoms with Crippen molar-refractivity contribution in [2.75, 3.05) is 4.31 Å². The minimum absolute atomic E-state index is 0.176. The summed E-state index contributed by atoms with van der Waals surface area (Å²) < 4.78 is 124. The number of fused-ring (bicyclic) bond motifs is 1. The van der Waals surface area contributed by atoms with Crippen LogP contribution in [0.2, 0.25) is 0 Å².